The summed E-state index contributed by atoms with van der Waals surface area (Å²) < 4.78 is 5.00. The maximum absolute atomic E-state index is 10.5. The van der Waals surface area contributed by atoms with E-state index >= 15 is 0 Å². The Balaban J connectivity index is 0.000000240. The summed E-state index contributed by atoms with van der Waals surface area (Å²) in [7, 11) is 1.79. The first-order chi connectivity index (χ1) is 11.8. The standard InChI is InChI=1S/C11H22O.C11H20O/c1-12-10-5-3-2-4-7-11-8-6-9-11;1-2-3-4-10-5-7-11(9-12)8-6-10/h11H,2-10H2,1H3;9-11H,2-8H2,1H3. The molecule has 2 fully saturated rings. The average molecular weight is 339 g/mol. The highest BCUT2D eigenvalue weighted by Crippen LogP contribution is 2.31. The second-order valence-electron chi connectivity index (χ2n) is 8.05. The van der Waals surface area contributed by atoms with Gasteiger partial charge < -0.3 is 9.53 Å². The van der Waals surface area contributed by atoms with Gasteiger partial charge in [-0.25, -0.2) is 0 Å². The molecule has 0 aromatic heterocycles. The summed E-state index contributed by atoms with van der Waals surface area (Å²) in [6.07, 6.45) is 21.6. The summed E-state index contributed by atoms with van der Waals surface area (Å²) >= 11 is 0. The second-order valence-corrected chi connectivity index (χ2v) is 8.05. The van der Waals surface area contributed by atoms with Crippen LogP contribution in [0.15, 0.2) is 0 Å². The van der Waals surface area contributed by atoms with Gasteiger partial charge in [-0.1, -0.05) is 71.1 Å². The van der Waals surface area contributed by atoms with Crippen LogP contribution in [-0.4, -0.2) is 20.0 Å². The molecular weight excluding hydrogens is 296 g/mol. The van der Waals surface area contributed by atoms with Crippen molar-refractivity contribution < 1.29 is 9.53 Å². The summed E-state index contributed by atoms with van der Waals surface area (Å²) in [5.74, 6) is 2.43. The molecule has 0 aliphatic heterocycles. The van der Waals surface area contributed by atoms with E-state index in [1.54, 1.807) is 7.11 Å². The van der Waals surface area contributed by atoms with Crippen molar-refractivity contribution in [3.05, 3.63) is 0 Å². The van der Waals surface area contributed by atoms with Gasteiger partial charge in [0.15, 0.2) is 0 Å². The second kappa shape index (κ2) is 14.9. The van der Waals surface area contributed by atoms with E-state index in [0.717, 1.165) is 37.6 Å². The Morgan fingerprint density at radius 3 is 2.00 bits per heavy atom. The van der Waals surface area contributed by atoms with Gasteiger partial charge in [0.05, 0.1) is 0 Å². The SMILES string of the molecule is CCCCC1CCC(C=O)CC1.COCCCCCCC1CCC1. The molecule has 0 atom stereocenters. The number of unbranched alkanes of at least 4 members (excludes halogenated alkanes) is 4. The minimum Gasteiger partial charge on any atom is -0.385 e. The van der Waals surface area contributed by atoms with Crippen molar-refractivity contribution in [2.24, 2.45) is 17.8 Å². The fraction of sp³-hybridized carbons (Fsp3) is 0.955. The lowest BCUT2D eigenvalue weighted by atomic mass is 9.80. The lowest BCUT2D eigenvalue weighted by molar-refractivity contribution is -0.112. The van der Waals surface area contributed by atoms with Gasteiger partial charge in [-0.3, -0.25) is 0 Å². The van der Waals surface area contributed by atoms with Gasteiger partial charge in [-0.05, 0) is 43.9 Å². The maximum Gasteiger partial charge on any atom is 0.123 e. The Kier molecular flexibility index (Phi) is 13.5. The molecule has 0 radical (unpaired) electrons. The third kappa shape index (κ3) is 10.5. The van der Waals surface area contributed by atoms with E-state index < -0.39 is 0 Å². The van der Waals surface area contributed by atoms with E-state index in [0.29, 0.717) is 5.92 Å². The van der Waals surface area contributed by atoms with E-state index in [1.165, 1.54) is 83.5 Å². The molecule has 24 heavy (non-hydrogen) atoms. The topological polar surface area (TPSA) is 26.3 Å². The van der Waals surface area contributed by atoms with E-state index in [2.05, 4.69) is 6.92 Å². The number of aldehydes is 1. The zero-order valence-electron chi connectivity index (χ0n) is 16.4. The molecule has 2 heteroatoms. The molecule has 2 aliphatic rings. The third-order valence-corrected chi connectivity index (χ3v) is 5.99. The highest BCUT2D eigenvalue weighted by atomic mass is 16.5. The van der Waals surface area contributed by atoms with Crippen molar-refractivity contribution in [2.45, 2.75) is 103 Å². The van der Waals surface area contributed by atoms with Crippen molar-refractivity contribution in [3.63, 3.8) is 0 Å². The van der Waals surface area contributed by atoms with E-state index in [4.69, 9.17) is 4.74 Å². The minimum absolute atomic E-state index is 0.392. The summed E-state index contributed by atoms with van der Waals surface area (Å²) in [5, 5.41) is 0. The predicted octanol–water partition coefficient (Wildman–Crippen LogP) is 6.57. The Morgan fingerprint density at radius 2 is 1.46 bits per heavy atom. The first kappa shape index (κ1) is 21.7. The van der Waals surface area contributed by atoms with Crippen molar-refractivity contribution in [2.75, 3.05) is 13.7 Å². The molecule has 2 saturated carbocycles. The molecule has 0 unspecified atom stereocenters. The van der Waals surface area contributed by atoms with Gasteiger partial charge in [0.2, 0.25) is 0 Å². The number of hydrogen-bond acceptors (Lipinski definition) is 2. The van der Waals surface area contributed by atoms with Gasteiger partial charge in [0, 0.05) is 19.6 Å². The fourth-order valence-electron chi connectivity index (χ4n) is 3.92. The Hall–Kier alpha value is -0.370. The van der Waals surface area contributed by atoms with Crippen LogP contribution >= 0.6 is 0 Å². The predicted molar refractivity (Wildman–Crippen MR) is 103 cm³/mol. The Bertz CT molecular complexity index is 278. The molecule has 0 N–H and O–H groups in total. The molecule has 0 bridgehead atoms. The lowest BCUT2D eigenvalue weighted by Crippen LogP contribution is -2.15. The maximum atomic E-state index is 10.5. The van der Waals surface area contributed by atoms with Crippen molar-refractivity contribution in [3.8, 4) is 0 Å². The summed E-state index contributed by atoms with van der Waals surface area (Å²) in [4.78, 5) is 10.5. The summed E-state index contributed by atoms with van der Waals surface area (Å²) in [6, 6.07) is 0. The van der Waals surface area contributed by atoms with Crippen molar-refractivity contribution in [1.29, 1.82) is 0 Å². The fourth-order valence-corrected chi connectivity index (χ4v) is 3.92. The van der Waals surface area contributed by atoms with Crippen LogP contribution < -0.4 is 0 Å². The van der Waals surface area contributed by atoms with Gasteiger partial charge in [0.25, 0.3) is 0 Å². The normalized spacial score (nSPS) is 23.9. The molecule has 0 saturated heterocycles. The van der Waals surface area contributed by atoms with Gasteiger partial charge in [-0.15, -0.1) is 0 Å². The number of hydrogen-bond donors (Lipinski definition) is 0. The zero-order chi connectivity index (χ0) is 17.5. The molecule has 2 rings (SSSR count). The average Bonchev–Trinajstić information content (AvgIpc) is 2.58. The summed E-state index contributed by atoms with van der Waals surface area (Å²) in [5.41, 5.74) is 0. The monoisotopic (exact) mass is 338 g/mol. The van der Waals surface area contributed by atoms with Gasteiger partial charge in [-0.2, -0.15) is 0 Å². The van der Waals surface area contributed by atoms with Gasteiger partial charge >= 0.3 is 0 Å². The number of carbonyl (C=O) groups is 1. The number of methoxy groups -OCH3 is 1. The number of carbonyl (C=O) groups excluding carboxylic acids is 1. The highest BCUT2D eigenvalue weighted by Gasteiger charge is 2.19. The number of rotatable bonds is 11. The quantitative estimate of drug-likeness (QED) is 0.315. The molecular formula is C22H42O2. The van der Waals surface area contributed by atoms with E-state index in [-0.39, 0.29) is 0 Å². The first-order valence-electron chi connectivity index (χ1n) is 10.7. The lowest BCUT2D eigenvalue weighted by Gasteiger charge is -2.24. The van der Waals surface area contributed by atoms with E-state index in [1.807, 2.05) is 0 Å². The third-order valence-electron chi connectivity index (χ3n) is 5.99. The molecule has 0 spiro atoms. The molecule has 0 aromatic rings. The Morgan fingerprint density at radius 1 is 0.833 bits per heavy atom. The largest absolute Gasteiger partial charge is 0.385 e. The smallest absolute Gasteiger partial charge is 0.123 e. The highest BCUT2D eigenvalue weighted by molar-refractivity contribution is 5.53. The van der Waals surface area contributed by atoms with Crippen molar-refractivity contribution >= 4 is 6.29 Å². The minimum atomic E-state index is 0.392. The van der Waals surface area contributed by atoms with Crippen LogP contribution in [0.2, 0.25) is 0 Å². The van der Waals surface area contributed by atoms with Crippen molar-refractivity contribution in [1.82, 2.24) is 0 Å². The molecule has 0 amide bonds. The van der Waals surface area contributed by atoms with Crippen LogP contribution in [-0.2, 0) is 9.53 Å². The Labute approximate surface area is 151 Å². The van der Waals surface area contributed by atoms with Crippen LogP contribution in [0.1, 0.15) is 103 Å². The van der Waals surface area contributed by atoms with Crippen LogP contribution in [0.3, 0.4) is 0 Å². The van der Waals surface area contributed by atoms with Gasteiger partial charge in [0.1, 0.15) is 6.29 Å². The molecule has 2 aliphatic carbocycles. The zero-order valence-corrected chi connectivity index (χ0v) is 16.4. The van der Waals surface area contributed by atoms with Crippen LogP contribution in [0.4, 0.5) is 0 Å². The molecule has 0 aromatic carbocycles. The first-order valence-corrected chi connectivity index (χ1v) is 10.7. The summed E-state index contributed by atoms with van der Waals surface area (Å²) in [6.45, 7) is 3.19. The molecule has 0 heterocycles. The molecule has 2 nitrogen and oxygen atoms in total. The van der Waals surface area contributed by atoms with Crippen LogP contribution in [0.5, 0.6) is 0 Å². The van der Waals surface area contributed by atoms with Crippen LogP contribution in [0.25, 0.3) is 0 Å². The molecule has 142 valence electrons. The number of ether oxygens (including phenoxy) is 1. The van der Waals surface area contributed by atoms with E-state index in [9.17, 15) is 4.79 Å². The van der Waals surface area contributed by atoms with Crippen LogP contribution in [0, 0.1) is 17.8 Å².